The Kier molecular flexibility index (Phi) is 8.03. The number of carbonyl (C=O) groups is 1. The van der Waals surface area contributed by atoms with E-state index in [-0.39, 0.29) is 18.1 Å². The quantitative estimate of drug-likeness (QED) is 0.502. The number of morpholine rings is 1. The molecule has 7 heteroatoms. The zero-order chi connectivity index (χ0) is 22.2. The smallest absolute Gasteiger partial charge is 0.271 e. The molecule has 0 saturated carbocycles. The second-order valence-electron chi connectivity index (χ2n) is 7.84. The maximum atomic E-state index is 12.7. The Balaban J connectivity index is 1.77. The number of nitrogens with zero attached hydrogens (tertiary/aromatic N) is 1. The van der Waals surface area contributed by atoms with E-state index < -0.39 is 0 Å². The summed E-state index contributed by atoms with van der Waals surface area (Å²) in [6, 6.07) is 15.4. The Hall–Kier alpha value is -2.90. The van der Waals surface area contributed by atoms with Crippen LogP contribution in [0.1, 0.15) is 42.7 Å². The molecule has 2 N–H and O–H groups in total. The first-order valence-corrected chi connectivity index (χ1v) is 10.7. The van der Waals surface area contributed by atoms with Crippen LogP contribution < -0.4 is 19.8 Å². The fraction of sp³-hybridized carbons (Fsp3) is 0.417. The van der Waals surface area contributed by atoms with Crippen molar-refractivity contribution in [1.82, 2.24) is 5.43 Å². The van der Waals surface area contributed by atoms with Crippen molar-refractivity contribution < 1.29 is 23.9 Å². The Morgan fingerprint density at radius 3 is 2.45 bits per heavy atom. The highest BCUT2D eigenvalue weighted by atomic mass is 16.5. The number of amides is 1. The summed E-state index contributed by atoms with van der Waals surface area (Å²) in [5.41, 5.74) is 5.19. The van der Waals surface area contributed by atoms with Gasteiger partial charge in [0.2, 0.25) is 0 Å². The third kappa shape index (κ3) is 6.06. The number of rotatable bonds is 8. The predicted octanol–water partition coefficient (Wildman–Crippen LogP) is 2.24. The summed E-state index contributed by atoms with van der Waals surface area (Å²) < 4.78 is 16.6. The molecule has 3 rings (SSSR count). The molecule has 31 heavy (non-hydrogen) atoms. The molecule has 0 spiro atoms. The van der Waals surface area contributed by atoms with E-state index in [0.29, 0.717) is 17.1 Å². The van der Waals surface area contributed by atoms with Gasteiger partial charge in [0.15, 0.2) is 17.5 Å². The van der Waals surface area contributed by atoms with Gasteiger partial charge < -0.3 is 19.1 Å². The van der Waals surface area contributed by atoms with Gasteiger partial charge >= 0.3 is 0 Å². The molecule has 1 heterocycles. The molecule has 1 amide bonds. The Bertz CT molecular complexity index is 893. The first-order chi connectivity index (χ1) is 15.0. The van der Waals surface area contributed by atoms with Gasteiger partial charge in [0.05, 0.1) is 32.1 Å². The van der Waals surface area contributed by atoms with Crippen LogP contribution in [-0.2, 0) is 4.74 Å². The monoisotopic (exact) mass is 426 g/mol. The van der Waals surface area contributed by atoms with E-state index >= 15 is 0 Å². The average molecular weight is 427 g/mol. The Labute approximate surface area is 184 Å². The molecule has 7 nitrogen and oxygen atoms in total. The predicted molar refractivity (Wildman–Crippen MR) is 120 cm³/mol. The second-order valence-corrected chi connectivity index (χ2v) is 7.84. The minimum Gasteiger partial charge on any atom is -0.493 e. The molecule has 1 saturated heterocycles. The highest BCUT2D eigenvalue weighted by molar-refractivity contribution is 5.96. The van der Waals surface area contributed by atoms with E-state index in [2.05, 4.69) is 22.7 Å². The molecule has 0 aromatic heterocycles. The van der Waals surface area contributed by atoms with Crippen molar-refractivity contribution in [3.63, 3.8) is 0 Å². The van der Waals surface area contributed by atoms with Crippen LogP contribution in [0, 0.1) is 0 Å². The third-order valence-electron chi connectivity index (χ3n) is 5.22. The molecular formula is C24H32N3O4+. The number of carbonyl (C=O) groups excluding carboxylic acids is 1. The fourth-order valence-corrected chi connectivity index (χ4v) is 3.77. The zero-order valence-corrected chi connectivity index (χ0v) is 18.7. The molecule has 166 valence electrons. The highest BCUT2D eigenvalue weighted by Crippen LogP contribution is 2.29. The van der Waals surface area contributed by atoms with E-state index in [9.17, 15) is 4.79 Å². The largest absolute Gasteiger partial charge is 0.493 e. The molecule has 1 fully saturated rings. The molecule has 1 aliphatic rings. The van der Waals surface area contributed by atoms with Crippen molar-refractivity contribution in [1.29, 1.82) is 0 Å². The summed E-state index contributed by atoms with van der Waals surface area (Å²) in [5, 5.41) is 4.46. The molecule has 2 aromatic rings. The van der Waals surface area contributed by atoms with Crippen LogP contribution in [0.15, 0.2) is 53.6 Å². The van der Waals surface area contributed by atoms with Gasteiger partial charge in [-0.1, -0.05) is 30.3 Å². The molecule has 1 atom stereocenters. The van der Waals surface area contributed by atoms with Gasteiger partial charge in [-0.05, 0) is 39.0 Å². The Morgan fingerprint density at radius 2 is 1.81 bits per heavy atom. The number of benzene rings is 2. The van der Waals surface area contributed by atoms with E-state index in [0.717, 1.165) is 32.0 Å². The van der Waals surface area contributed by atoms with E-state index in [4.69, 9.17) is 14.2 Å². The maximum absolute atomic E-state index is 12.7. The average Bonchev–Trinajstić information content (AvgIpc) is 2.79. The summed E-state index contributed by atoms with van der Waals surface area (Å²) in [6.45, 7) is 9.09. The number of ether oxygens (including phenoxy) is 3. The highest BCUT2D eigenvalue weighted by Gasteiger charge is 2.29. The van der Waals surface area contributed by atoms with Gasteiger partial charge in [0.1, 0.15) is 13.1 Å². The molecular weight excluding hydrogens is 394 g/mol. The van der Waals surface area contributed by atoms with Crippen LogP contribution in [0.3, 0.4) is 0 Å². The van der Waals surface area contributed by atoms with Gasteiger partial charge in [-0.25, -0.2) is 5.43 Å². The van der Waals surface area contributed by atoms with E-state index in [1.807, 2.05) is 39.0 Å². The molecule has 2 aromatic carbocycles. The molecule has 0 aliphatic carbocycles. The van der Waals surface area contributed by atoms with Crippen molar-refractivity contribution in [3.05, 3.63) is 59.7 Å². The summed E-state index contributed by atoms with van der Waals surface area (Å²) in [7, 11) is 1.56. The van der Waals surface area contributed by atoms with E-state index in [1.165, 1.54) is 10.5 Å². The minimum absolute atomic E-state index is 0.0124. The van der Waals surface area contributed by atoms with Crippen molar-refractivity contribution in [2.75, 3.05) is 33.4 Å². The maximum Gasteiger partial charge on any atom is 0.271 e. The molecule has 0 unspecified atom stereocenters. The van der Waals surface area contributed by atoms with Gasteiger partial charge in [-0.2, -0.15) is 5.10 Å². The standard InChI is InChI=1S/C24H31N3O4/c1-17(2)31-21-11-10-20(16-22(21)29-4)24(28)26-25-18(3)23(19-8-6-5-7-9-19)27-12-14-30-15-13-27/h5-11,16-17,23H,12-15H2,1-4H3,(H,26,28)/p+1/b25-18-/t23-/m0/s1. The van der Waals surface area contributed by atoms with Crippen LogP contribution in [0.25, 0.3) is 0 Å². The number of methoxy groups -OCH3 is 1. The van der Waals surface area contributed by atoms with Gasteiger partial charge in [0.25, 0.3) is 5.91 Å². The zero-order valence-electron chi connectivity index (χ0n) is 18.7. The number of hydrogen-bond acceptors (Lipinski definition) is 5. The third-order valence-corrected chi connectivity index (χ3v) is 5.22. The summed E-state index contributed by atoms with van der Waals surface area (Å²) in [6.07, 6.45) is 0.0124. The lowest BCUT2D eigenvalue weighted by Crippen LogP contribution is -3.15. The number of nitrogens with one attached hydrogen (secondary N) is 2. The SMILES string of the molecule is COc1cc(C(=O)N/N=C(/C)[C@@H](c2ccccc2)[NH+]2CCOCC2)ccc1OC(C)C. The summed E-state index contributed by atoms with van der Waals surface area (Å²) in [4.78, 5) is 14.1. The first kappa shape index (κ1) is 22.8. The topological polar surface area (TPSA) is 73.6 Å². The van der Waals surface area contributed by atoms with Crippen LogP contribution in [-0.4, -0.2) is 51.1 Å². The number of quaternary nitrogens is 1. The van der Waals surface area contributed by atoms with Crippen LogP contribution in [0.5, 0.6) is 11.5 Å². The van der Waals surface area contributed by atoms with Gasteiger partial charge in [-0.3, -0.25) is 4.79 Å². The minimum atomic E-state index is -0.294. The van der Waals surface area contributed by atoms with Crippen molar-refractivity contribution in [2.45, 2.75) is 32.9 Å². The fourth-order valence-electron chi connectivity index (χ4n) is 3.77. The van der Waals surface area contributed by atoms with Crippen molar-refractivity contribution in [2.24, 2.45) is 5.10 Å². The summed E-state index contributed by atoms with van der Waals surface area (Å²) >= 11 is 0. The van der Waals surface area contributed by atoms with Crippen LogP contribution in [0.2, 0.25) is 0 Å². The number of hydrazone groups is 1. The second kappa shape index (κ2) is 10.9. The Morgan fingerprint density at radius 1 is 1.10 bits per heavy atom. The van der Waals surface area contributed by atoms with Crippen molar-refractivity contribution >= 4 is 11.6 Å². The molecule has 0 radical (unpaired) electrons. The van der Waals surface area contributed by atoms with Gasteiger partial charge in [-0.15, -0.1) is 0 Å². The van der Waals surface area contributed by atoms with E-state index in [1.54, 1.807) is 25.3 Å². The number of hydrogen-bond donors (Lipinski definition) is 2. The molecule has 0 bridgehead atoms. The van der Waals surface area contributed by atoms with Crippen LogP contribution >= 0.6 is 0 Å². The normalized spacial score (nSPS) is 16.1. The lowest BCUT2D eigenvalue weighted by molar-refractivity contribution is -0.928. The first-order valence-electron chi connectivity index (χ1n) is 10.7. The molecule has 1 aliphatic heterocycles. The lowest BCUT2D eigenvalue weighted by atomic mass is 10.0. The lowest BCUT2D eigenvalue weighted by Gasteiger charge is -2.31. The van der Waals surface area contributed by atoms with Crippen molar-refractivity contribution in [3.8, 4) is 11.5 Å². The summed E-state index contributed by atoms with van der Waals surface area (Å²) in [5.74, 6) is 0.827. The van der Waals surface area contributed by atoms with Gasteiger partial charge in [0, 0.05) is 11.1 Å². The van der Waals surface area contributed by atoms with Crippen LogP contribution in [0.4, 0.5) is 0 Å².